The lowest BCUT2D eigenvalue weighted by Gasteiger charge is -2.23. The Kier molecular flexibility index (Phi) is 5.45. The van der Waals surface area contributed by atoms with Gasteiger partial charge in [-0.3, -0.25) is 24.1 Å². The monoisotopic (exact) mass is 424 g/mol. The van der Waals surface area contributed by atoms with Gasteiger partial charge in [0, 0.05) is 29.9 Å². The van der Waals surface area contributed by atoms with Crippen LogP contribution in [0.5, 0.6) is 0 Å². The molecule has 0 bridgehead atoms. The molecule has 164 valence electrons. The van der Waals surface area contributed by atoms with E-state index in [1.165, 1.54) is 6.08 Å². The van der Waals surface area contributed by atoms with Crippen LogP contribution in [-0.4, -0.2) is 48.7 Å². The molecule has 4 rings (SSSR count). The normalized spacial score (nSPS) is 25.6. The van der Waals surface area contributed by atoms with Crippen LogP contribution in [-0.2, 0) is 29.3 Å². The van der Waals surface area contributed by atoms with Gasteiger partial charge >= 0.3 is 5.97 Å². The Morgan fingerprint density at radius 1 is 1.10 bits per heavy atom. The number of carbonyl (C=O) groups excluding carboxylic acids is 4. The van der Waals surface area contributed by atoms with Crippen LogP contribution in [0.3, 0.4) is 0 Å². The molecule has 2 aliphatic heterocycles. The van der Waals surface area contributed by atoms with Crippen molar-refractivity contribution in [2.24, 2.45) is 11.8 Å². The molecule has 0 radical (unpaired) electrons. The predicted molar refractivity (Wildman–Crippen MR) is 114 cm³/mol. The van der Waals surface area contributed by atoms with Crippen LogP contribution in [0.2, 0.25) is 0 Å². The van der Waals surface area contributed by atoms with E-state index >= 15 is 0 Å². The molecular weight excluding hydrogens is 396 g/mol. The summed E-state index contributed by atoms with van der Waals surface area (Å²) in [6.07, 6.45) is 4.75. The molecule has 3 aliphatic rings. The van der Waals surface area contributed by atoms with Gasteiger partial charge in [-0.2, -0.15) is 0 Å². The van der Waals surface area contributed by atoms with E-state index in [2.05, 4.69) is 0 Å². The Bertz CT molecular complexity index is 956. The van der Waals surface area contributed by atoms with E-state index in [0.29, 0.717) is 12.8 Å². The van der Waals surface area contributed by atoms with Crippen molar-refractivity contribution < 1.29 is 23.9 Å². The van der Waals surface area contributed by atoms with E-state index in [9.17, 15) is 19.2 Å². The molecule has 2 fully saturated rings. The molecular formula is C24H28N2O5. The number of nitrogens with zero attached hydrogens (tertiary/aromatic N) is 2. The van der Waals surface area contributed by atoms with E-state index < -0.39 is 19.1 Å². The number of hydrogen-bond donors (Lipinski definition) is 0. The minimum Gasteiger partial charge on any atom is -0.456 e. The zero-order chi connectivity index (χ0) is 22.3. The van der Waals surface area contributed by atoms with Crippen LogP contribution < -0.4 is 4.90 Å². The van der Waals surface area contributed by atoms with Crippen LogP contribution in [0, 0.1) is 11.8 Å². The molecule has 1 saturated carbocycles. The number of hydrogen-bond acceptors (Lipinski definition) is 6. The van der Waals surface area contributed by atoms with Crippen molar-refractivity contribution in [2.45, 2.75) is 44.9 Å². The number of ketones is 1. The van der Waals surface area contributed by atoms with Crippen molar-refractivity contribution in [2.75, 3.05) is 25.1 Å². The average molecular weight is 424 g/mol. The third-order valence-corrected chi connectivity index (χ3v) is 6.83. The molecule has 0 N–H and O–H groups in total. The Balaban J connectivity index is 1.37. The molecule has 0 aromatic heterocycles. The Morgan fingerprint density at radius 3 is 2.32 bits per heavy atom. The number of rotatable bonds is 5. The van der Waals surface area contributed by atoms with Crippen LogP contribution in [0.1, 0.15) is 45.1 Å². The number of amides is 2. The van der Waals surface area contributed by atoms with Crippen LogP contribution in [0.4, 0.5) is 5.69 Å². The highest BCUT2D eigenvalue weighted by Crippen LogP contribution is 2.46. The molecule has 1 aliphatic carbocycles. The summed E-state index contributed by atoms with van der Waals surface area (Å²) in [5.41, 5.74) is 2.64. The lowest BCUT2D eigenvalue weighted by molar-refractivity contribution is -0.154. The highest BCUT2D eigenvalue weighted by molar-refractivity contribution is 6.07. The summed E-state index contributed by atoms with van der Waals surface area (Å²) < 4.78 is 5.11. The van der Waals surface area contributed by atoms with Gasteiger partial charge in [-0.1, -0.05) is 44.9 Å². The number of fused-ring (bicyclic) bond motifs is 2. The van der Waals surface area contributed by atoms with Crippen molar-refractivity contribution in [1.82, 2.24) is 4.90 Å². The Hall–Kier alpha value is -2.96. The lowest BCUT2D eigenvalue weighted by Crippen LogP contribution is -2.37. The number of likely N-dealkylation sites (tertiary alicyclic amines) is 1. The fourth-order valence-electron chi connectivity index (χ4n) is 5.17. The molecule has 2 atom stereocenters. The number of benzene rings is 1. The fraction of sp³-hybridized carbons (Fsp3) is 0.500. The summed E-state index contributed by atoms with van der Waals surface area (Å²) in [6, 6.07) is 7.97. The molecule has 2 heterocycles. The molecule has 31 heavy (non-hydrogen) atoms. The summed E-state index contributed by atoms with van der Waals surface area (Å²) in [7, 11) is 1.91. The van der Waals surface area contributed by atoms with E-state index in [1.54, 1.807) is 0 Å². The Morgan fingerprint density at radius 2 is 1.71 bits per heavy atom. The molecule has 7 nitrogen and oxygen atoms in total. The van der Waals surface area contributed by atoms with Crippen LogP contribution >= 0.6 is 0 Å². The van der Waals surface area contributed by atoms with Gasteiger partial charge in [0.25, 0.3) is 0 Å². The summed E-state index contributed by atoms with van der Waals surface area (Å²) >= 11 is 0. The summed E-state index contributed by atoms with van der Waals surface area (Å²) in [5.74, 6) is -2.26. The molecule has 2 unspecified atom stereocenters. The number of carbonyl (C=O) groups is 4. The fourth-order valence-corrected chi connectivity index (χ4v) is 5.17. The minimum atomic E-state index is -0.741. The van der Waals surface area contributed by atoms with Gasteiger partial charge in [-0.05, 0) is 24.5 Å². The van der Waals surface area contributed by atoms with E-state index in [4.69, 9.17) is 4.74 Å². The lowest BCUT2D eigenvalue weighted by atomic mass is 9.81. The second kappa shape index (κ2) is 7.94. The standard InChI is InChI=1S/C24H28N2O5/c1-24(2)18-10-6-7-11-19(18)25(3)20(24)12-15(27)14-31-21(28)13-26-22(29)16-8-4-5-9-17(16)23(26)30/h6-7,10-12,16-17H,4-5,8-9,13-14H2,1-3H3. The first-order valence-corrected chi connectivity index (χ1v) is 10.8. The maximum atomic E-state index is 12.5. The van der Waals surface area contributed by atoms with Gasteiger partial charge < -0.3 is 9.64 Å². The van der Waals surface area contributed by atoms with Crippen molar-refractivity contribution in [1.29, 1.82) is 0 Å². The smallest absolute Gasteiger partial charge is 0.326 e. The third kappa shape index (κ3) is 3.66. The Labute approximate surface area is 182 Å². The van der Waals surface area contributed by atoms with Crippen molar-refractivity contribution in [3.05, 3.63) is 41.6 Å². The topological polar surface area (TPSA) is 84.0 Å². The number of ether oxygens (including phenoxy) is 1. The quantitative estimate of drug-likeness (QED) is 0.410. The summed E-state index contributed by atoms with van der Waals surface area (Å²) in [5, 5.41) is 0. The maximum absolute atomic E-state index is 12.5. The first-order valence-electron chi connectivity index (χ1n) is 10.8. The number of esters is 1. The van der Waals surface area contributed by atoms with Crippen LogP contribution in [0.25, 0.3) is 0 Å². The maximum Gasteiger partial charge on any atom is 0.326 e. The molecule has 1 aromatic carbocycles. The average Bonchev–Trinajstić information content (AvgIpc) is 3.11. The molecule has 1 saturated heterocycles. The molecule has 2 amide bonds. The highest BCUT2D eigenvalue weighted by atomic mass is 16.5. The first-order chi connectivity index (χ1) is 14.7. The van der Waals surface area contributed by atoms with E-state index in [0.717, 1.165) is 34.7 Å². The van der Waals surface area contributed by atoms with Crippen molar-refractivity contribution in [3.63, 3.8) is 0 Å². The second-order valence-corrected chi connectivity index (χ2v) is 9.12. The third-order valence-electron chi connectivity index (χ3n) is 6.83. The second-order valence-electron chi connectivity index (χ2n) is 9.12. The van der Waals surface area contributed by atoms with Gasteiger partial charge in [0.2, 0.25) is 11.8 Å². The zero-order valence-electron chi connectivity index (χ0n) is 18.2. The summed E-state index contributed by atoms with van der Waals surface area (Å²) in [4.78, 5) is 52.7. The van der Waals surface area contributed by atoms with E-state index in [1.807, 2.05) is 50.1 Å². The van der Waals surface area contributed by atoms with Crippen molar-refractivity contribution in [3.8, 4) is 0 Å². The first kappa shape index (κ1) is 21.3. The number of para-hydroxylation sites is 1. The largest absolute Gasteiger partial charge is 0.456 e. The van der Waals surface area contributed by atoms with Crippen molar-refractivity contribution >= 4 is 29.3 Å². The molecule has 0 spiro atoms. The zero-order valence-corrected chi connectivity index (χ0v) is 18.2. The van der Waals surface area contributed by atoms with Gasteiger partial charge in [0.05, 0.1) is 11.8 Å². The van der Waals surface area contributed by atoms with Gasteiger partial charge in [-0.25, -0.2) is 0 Å². The molecule has 7 heteroatoms. The van der Waals surface area contributed by atoms with Gasteiger partial charge in [0.1, 0.15) is 6.54 Å². The molecule has 1 aromatic rings. The highest BCUT2D eigenvalue weighted by Gasteiger charge is 2.48. The SMILES string of the molecule is CN1C(=CC(=O)COC(=O)CN2C(=O)C3CCCCC3C2=O)C(C)(C)c2ccccc21. The number of allylic oxidation sites excluding steroid dienone is 1. The number of imide groups is 1. The minimum absolute atomic E-state index is 0.285. The number of anilines is 1. The van der Waals surface area contributed by atoms with Crippen LogP contribution in [0.15, 0.2) is 36.0 Å². The predicted octanol–water partition coefficient (Wildman–Crippen LogP) is 2.59. The summed E-state index contributed by atoms with van der Waals surface area (Å²) in [6.45, 7) is 3.24. The van der Waals surface area contributed by atoms with Gasteiger partial charge in [0.15, 0.2) is 12.4 Å². The van der Waals surface area contributed by atoms with E-state index in [-0.39, 0.29) is 34.8 Å². The van der Waals surface area contributed by atoms with Gasteiger partial charge in [-0.15, -0.1) is 0 Å². The number of likely N-dealkylation sites (N-methyl/N-ethyl adjacent to an activating group) is 1.